The second-order valence-corrected chi connectivity index (χ2v) is 4.31. The molecule has 2 unspecified atom stereocenters. The number of hydrogen-bond acceptors (Lipinski definition) is 2. The van der Waals surface area contributed by atoms with Crippen LogP contribution in [0.15, 0.2) is 0 Å². The fourth-order valence-electron chi connectivity index (χ4n) is 1.40. The van der Waals surface area contributed by atoms with Crippen molar-refractivity contribution in [2.24, 2.45) is 17.6 Å². The molecule has 2 atom stereocenters. The number of nitrogens with two attached hydrogens (primary N) is 1. The molecule has 0 rings (SSSR count). The minimum Gasteiger partial charge on any atom is -0.387 e. The van der Waals surface area contributed by atoms with E-state index in [-0.39, 0.29) is 11.8 Å². The van der Waals surface area contributed by atoms with Crippen LogP contribution in [0.25, 0.3) is 0 Å². The molecule has 0 heterocycles. The van der Waals surface area contributed by atoms with Gasteiger partial charge in [0.15, 0.2) is 0 Å². The number of amidine groups is 1. The molecule has 0 radical (unpaired) electrons. The SMILES string of the molecule is CCCCC(CC)COCC(C)C(=N)N. The third-order valence-electron chi connectivity index (χ3n) is 2.80. The van der Waals surface area contributed by atoms with Gasteiger partial charge >= 0.3 is 0 Å². The van der Waals surface area contributed by atoms with Gasteiger partial charge in [-0.05, 0) is 12.3 Å². The van der Waals surface area contributed by atoms with Gasteiger partial charge in [0, 0.05) is 12.5 Å². The number of nitrogens with one attached hydrogen (secondary N) is 1. The van der Waals surface area contributed by atoms with Gasteiger partial charge in [-0.3, -0.25) is 5.41 Å². The third kappa shape index (κ3) is 7.37. The second-order valence-electron chi connectivity index (χ2n) is 4.31. The first-order valence-corrected chi connectivity index (χ1v) is 6.03. The van der Waals surface area contributed by atoms with E-state index in [9.17, 15) is 0 Å². The summed E-state index contributed by atoms with van der Waals surface area (Å²) < 4.78 is 5.59. The van der Waals surface area contributed by atoms with Crippen LogP contribution in [0, 0.1) is 17.2 Å². The predicted molar refractivity (Wildman–Crippen MR) is 65.2 cm³/mol. The normalized spacial score (nSPS) is 14.9. The van der Waals surface area contributed by atoms with Crippen LogP contribution in [0.4, 0.5) is 0 Å². The van der Waals surface area contributed by atoms with Crippen molar-refractivity contribution >= 4 is 5.84 Å². The Bertz CT molecular complexity index is 171. The molecule has 0 amide bonds. The smallest absolute Gasteiger partial charge is 0.0957 e. The lowest BCUT2D eigenvalue weighted by atomic mass is 10.0. The molecular formula is C12H26N2O. The first-order chi connectivity index (χ1) is 7.11. The summed E-state index contributed by atoms with van der Waals surface area (Å²) in [6.07, 6.45) is 4.96. The standard InChI is InChI=1S/C12H26N2O/c1-4-6-7-11(5-2)9-15-8-10(3)12(13)14/h10-11H,4-9H2,1-3H3,(H3,13,14). The van der Waals surface area contributed by atoms with Crippen LogP contribution in [0.5, 0.6) is 0 Å². The minimum atomic E-state index is 0.0497. The van der Waals surface area contributed by atoms with Gasteiger partial charge in [-0.1, -0.05) is 40.0 Å². The zero-order valence-corrected chi connectivity index (χ0v) is 10.4. The molecule has 90 valence electrons. The number of hydrogen-bond donors (Lipinski definition) is 2. The molecule has 0 fully saturated rings. The molecule has 3 nitrogen and oxygen atoms in total. The lowest BCUT2D eigenvalue weighted by molar-refractivity contribution is 0.0834. The maximum absolute atomic E-state index is 7.24. The first kappa shape index (κ1) is 14.4. The van der Waals surface area contributed by atoms with Gasteiger partial charge in [-0.2, -0.15) is 0 Å². The molecule has 0 aliphatic heterocycles. The molecule has 15 heavy (non-hydrogen) atoms. The van der Waals surface area contributed by atoms with Crippen molar-refractivity contribution in [3.63, 3.8) is 0 Å². The highest BCUT2D eigenvalue weighted by atomic mass is 16.5. The summed E-state index contributed by atoms with van der Waals surface area (Å²) in [7, 11) is 0. The molecule has 0 aromatic heterocycles. The van der Waals surface area contributed by atoms with Crippen LogP contribution in [-0.4, -0.2) is 19.0 Å². The summed E-state index contributed by atoms with van der Waals surface area (Å²) in [6, 6.07) is 0. The number of unbranched alkanes of at least 4 members (excludes halogenated alkanes) is 1. The van der Waals surface area contributed by atoms with Crippen molar-refractivity contribution in [2.45, 2.75) is 46.5 Å². The maximum Gasteiger partial charge on any atom is 0.0957 e. The Morgan fingerprint density at radius 1 is 1.33 bits per heavy atom. The molecule has 0 aliphatic rings. The Kier molecular flexibility index (Phi) is 8.38. The average molecular weight is 214 g/mol. The molecule has 3 heteroatoms. The lowest BCUT2D eigenvalue weighted by Crippen LogP contribution is -2.25. The van der Waals surface area contributed by atoms with Gasteiger partial charge in [0.25, 0.3) is 0 Å². The van der Waals surface area contributed by atoms with Gasteiger partial charge in [-0.15, -0.1) is 0 Å². The van der Waals surface area contributed by atoms with E-state index < -0.39 is 0 Å². The van der Waals surface area contributed by atoms with Crippen LogP contribution in [0.2, 0.25) is 0 Å². The summed E-state index contributed by atoms with van der Waals surface area (Å²) in [5, 5.41) is 7.24. The topological polar surface area (TPSA) is 59.1 Å². The summed E-state index contributed by atoms with van der Waals surface area (Å²) >= 11 is 0. The van der Waals surface area contributed by atoms with Gasteiger partial charge < -0.3 is 10.5 Å². The molecule has 0 spiro atoms. The van der Waals surface area contributed by atoms with Crippen molar-refractivity contribution in [1.82, 2.24) is 0 Å². The van der Waals surface area contributed by atoms with Crippen LogP contribution < -0.4 is 5.73 Å². The molecule has 0 bridgehead atoms. The van der Waals surface area contributed by atoms with E-state index in [0.717, 1.165) is 6.61 Å². The second kappa shape index (κ2) is 8.72. The Morgan fingerprint density at radius 2 is 2.00 bits per heavy atom. The van der Waals surface area contributed by atoms with E-state index in [0.29, 0.717) is 12.5 Å². The zero-order valence-electron chi connectivity index (χ0n) is 10.4. The molecule has 0 aromatic rings. The summed E-state index contributed by atoms with van der Waals surface area (Å²) in [4.78, 5) is 0. The summed E-state index contributed by atoms with van der Waals surface area (Å²) in [5.74, 6) is 0.939. The number of ether oxygens (including phenoxy) is 1. The molecule has 0 aromatic carbocycles. The Morgan fingerprint density at radius 3 is 2.47 bits per heavy atom. The quantitative estimate of drug-likeness (QED) is 0.458. The van der Waals surface area contributed by atoms with Crippen molar-refractivity contribution in [2.75, 3.05) is 13.2 Å². The van der Waals surface area contributed by atoms with Gasteiger partial charge in [0.2, 0.25) is 0 Å². The van der Waals surface area contributed by atoms with E-state index in [1.54, 1.807) is 0 Å². The van der Waals surface area contributed by atoms with Crippen LogP contribution in [-0.2, 0) is 4.74 Å². The summed E-state index contributed by atoms with van der Waals surface area (Å²) in [5.41, 5.74) is 5.37. The van der Waals surface area contributed by atoms with E-state index >= 15 is 0 Å². The van der Waals surface area contributed by atoms with Gasteiger partial charge in [0.1, 0.15) is 0 Å². The average Bonchev–Trinajstić information content (AvgIpc) is 2.22. The Hall–Kier alpha value is -0.570. The van der Waals surface area contributed by atoms with Crippen molar-refractivity contribution in [3.05, 3.63) is 0 Å². The molecule has 3 N–H and O–H groups in total. The van der Waals surface area contributed by atoms with Crippen molar-refractivity contribution < 1.29 is 4.74 Å². The van der Waals surface area contributed by atoms with Crippen LogP contribution >= 0.6 is 0 Å². The van der Waals surface area contributed by atoms with E-state index in [4.69, 9.17) is 15.9 Å². The Labute approximate surface area is 93.9 Å². The Balaban J connectivity index is 3.57. The predicted octanol–water partition coefficient (Wildman–Crippen LogP) is 2.79. The third-order valence-corrected chi connectivity index (χ3v) is 2.80. The van der Waals surface area contributed by atoms with Crippen LogP contribution in [0.3, 0.4) is 0 Å². The van der Waals surface area contributed by atoms with E-state index in [1.807, 2.05) is 6.92 Å². The summed E-state index contributed by atoms with van der Waals surface area (Å²) in [6.45, 7) is 7.74. The minimum absolute atomic E-state index is 0.0497. The fraction of sp³-hybridized carbons (Fsp3) is 0.917. The largest absolute Gasteiger partial charge is 0.387 e. The first-order valence-electron chi connectivity index (χ1n) is 6.03. The van der Waals surface area contributed by atoms with Crippen LogP contribution in [0.1, 0.15) is 46.5 Å². The molecule has 0 aliphatic carbocycles. The van der Waals surface area contributed by atoms with Gasteiger partial charge in [-0.25, -0.2) is 0 Å². The zero-order chi connectivity index (χ0) is 11.7. The molecule has 0 saturated heterocycles. The van der Waals surface area contributed by atoms with E-state index in [2.05, 4.69) is 13.8 Å². The highest BCUT2D eigenvalue weighted by molar-refractivity contribution is 5.79. The highest BCUT2D eigenvalue weighted by Gasteiger charge is 2.09. The lowest BCUT2D eigenvalue weighted by Gasteiger charge is -2.16. The van der Waals surface area contributed by atoms with Crippen molar-refractivity contribution in [1.29, 1.82) is 5.41 Å². The monoisotopic (exact) mass is 214 g/mol. The fourth-order valence-corrected chi connectivity index (χ4v) is 1.40. The van der Waals surface area contributed by atoms with Crippen molar-refractivity contribution in [3.8, 4) is 0 Å². The number of rotatable bonds is 9. The molecule has 0 saturated carbocycles. The van der Waals surface area contributed by atoms with Gasteiger partial charge in [0.05, 0.1) is 12.4 Å². The van der Waals surface area contributed by atoms with E-state index in [1.165, 1.54) is 25.7 Å². The highest BCUT2D eigenvalue weighted by Crippen LogP contribution is 2.13. The molecular weight excluding hydrogens is 188 g/mol. The maximum atomic E-state index is 7.24.